The normalized spacial score (nSPS) is 24.2. The Morgan fingerprint density at radius 3 is 2.48 bits per heavy atom. The lowest BCUT2D eigenvalue weighted by molar-refractivity contribution is 0.0790. The van der Waals surface area contributed by atoms with E-state index in [0.717, 1.165) is 24.8 Å². The maximum Gasteiger partial charge on any atom is 0.253 e. The molecule has 1 aliphatic heterocycles. The number of hydrogen-bond donors (Lipinski definition) is 2. The summed E-state index contributed by atoms with van der Waals surface area (Å²) in [5.41, 5.74) is 6.27. The van der Waals surface area contributed by atoms with E-state index in [-0.39, 0.29) is 23.5 Å². The van der Waals surface area contributed by atoms with Crippen LogP contribution in [0.5, 0.6) is 0 Å². The summed E-state index contributed by atoms with van der Waals surface area (Å²) in [7, 11) is -3.62. The van der Waals surface area contributed by atoms with Crippen molar-refractivity contribution in [2.75, 3.05) is 0 Å². The van der Waals surface area contributed by atoms with Gasteiger partial charge in [0.05, 0.1) is 4.90 Å². The fourth-order valence-corrected chi connectivity index (χ4v) is 4.24. The summed E-state index contributed by atoms with van der Waals surface area (Å²) in [6, 6.07) is 5.01. The first-order chi connectivity index (χ1) is 9.85. The molecule has 0 radical (unpaired) electrons. The average molecular weight is 332 g/mol. The first-order valence-electron chi connectivity index (χ1n) is 7.14. The molecule has 1 aromatic carbocycles. The fraction of sp³-hybridized carbons (Fsp3) is 0.571. The minimum absolute atomic E-state index is 0.162. The van der Waals surface area contributed by atoms with Crippen LogP contribution in [-0.2, 0) is 16.6 Å². The van der Waals surface area contributed by atoms with Crippen molar-refractivity contribution in [1.29, 1.82) is 0 Å². The third-order valence-electron chi connectivity index (χ3n) is 3.97. The van der Waals surface area contributed by atoms with E-state index >= 15 is 0 Å². The summed E-state index contributed by atoms with van der Waals surface area (Å²) in [5.74, 6) is 0. The summed E-state index contributed by atoms with van der Waals surface area (Å²) in [6.07, 6.45) is 3.09. The number of hydrazine groups is 1. The van der Waals surface area contributed by atoms with Crippen LogP contribution in [0.2, 0.25) is 5.02 Å². The molecular formula is C14H22ClN3O2S. The van der Waals surface area contributed by atoms with Crippen molar-refractivity contribution in [2.24, 2.45) is 5.73 Å². The van der Waals surface area contributed by atoms with Crippen molar-refractivity contribution in [3.8, 4) is 0 Å². The second-order valence-electron chi connectivity index (χ2n) is 5.59. The molecular weight excluding hydrogens is 310 g/mol. The zero-order valence-corrected chi connectivity index (χ0v) is 13.9. The van der Waals surface area contributed by atoms with E-state index in [9.17, 15) is 8.42 Å². The van der Waals surface area contributed by atoms with Gasteiger partial charge in [-0.15, -0.1) is 4.83 Å². The zero-order chi connectivity index (χ0) is 15.6. The van der Waals surface area contributed by atoms with Crippen LogP contribution >= 0.6 is 11.6 Å². The van der Waals surface area contributed by atoms with E-state index in [1.165, 1.54) is 12.1 Å². The lowest BCUT2D eigenvalue weighted by Crippen LogP contribution is -2.53. The van der Waals surface area contributed by atoms with Gasteiger partial charge in [0.2, 0.25) is 0 Å². The molecule has 21 heavy (non-hydrogen) atoms. The second-order valence-corrected chi connectivity index (χ2v) is 7.66. The van der Waals surface area contributed by atoms with E-state index in [1.807, 2.05) is 18.9 Å². The number of halogens is 1. The predicted octanol–water partition coefficient (Wildman–Crippen LogP) is 2.25. The van der Waals surface area contributed by atoms with E-state index in [2.05, 4.69) is 4.83 Å². The topological polar surface area (TPSA) is 75.4 Å². The van der Waals surface area contributed by atoms with E-state index in [4.69, 9.17) is 17.3 Å². The highest BCUT2D eigenvalue weighted by molar-refractivity contribution is 7.89. The van der Waals surface area contributed by atoms with Gasteiger partial charge in [0, 0.05) is 23.7 Å². The summed E-state index contributed by atoms with van der Waals surface area (Å²) in [4.78, 5) is 2.85. The molecule has 1 heterocycles. The van der Waals surface area contributed by atoms with Crippen LogP contribution in [0.3, 0.4) is 0 Å². The van der Waals surface area contributed by atoms with Gasteiger partial charge in [0.15, 0.2) is 0 Å². The maximum absolute atomic E-state index is 12.5. The third-order valence-corrected chi connectivity index (χ3v) is 5.65. The molecule has 2 unspecified atom stereocenters. The minimum atomic E-state index is -3.62. The molecule has 1 fully saturated rings. The monoisotopic (exact) mass is 331 g/mol. The van der Waals surface area contributed by atoms with Gasteiger partial charge in [-0.05, 0) is 44.4 Å². The molecule has 1 saturated heterocycles. The quantitative estimate of drug-likeness (QED) is 0.887. The summed E-state index contributed by atoms with van der Waals surface area (Å²) >= 11 is 6.05. The highest BCUT2D eigenvalue weighted by Gasteiger charge is 2.29. The van der Waals surface area contributed by atoms with Gasteiger partial charge in [-0.2, -0.15) is 0 Å². The second kappa shape index (κ2) is 6.62. The third kappa shape index (κ3) is 3.76. The molecule has 0 aliphatic carbocycles. The first kappa shape index (κ1) is 16.7. The minimum Gasteiger partial charge on any atom is -0.326 e. The van der Waals surface area contributed by atoms with Crippen LogP contribution in [-0.4, -0.2) is 25.5 Å². The molecule has 1 aliphatic rings. The van der Waals surface area contributed by atoms with Crippen molar-refractivity contribution < 1.29 is 8.42 Å². The summed E-state index contributed by atoms with van der Waals surface area (Å²) in [6.45, 7) is 4.35. The van der Waals surface area contributed by atoms with Gasteiger partial charge < -0.3 is 5.73 Å². The number of nitrogens with two attached hydrogens (primary N) is 1. The number of nitrogens with one attached hydrogen (secondary N) is 1. The van der Waals surface area contributed by atoms with Gasteiger partial charge in [0.25, 0.3) is 10.0 Å². The molecule has 3 N–H and O–H groups in total. The number of piperidine rings is 1. The first-order valence-corrected chi connectivity index (χ1v) is 9.00. The maximum atomic E-state index is 12.5. The smallest absolute Gasteiger partial charge is 0.253 e. The fourth-order valence-electron chi connectivity index (χ4n) is 2.65. The van der Waals surface area contributed by atoms with Gasteiger partial charge in [0.1, 0.15) is 0 Å². The molecule has 0 bridgehead atoms. The molecule has 0 aromatic heterocycles. The van der Waals surface area contributed by atoms with E-state index < -0.39 is 10.0 Å². The lowest BCUT2D eigenvalue weighted by atomic mass is 10.0. The van der Waals surface area contributed by atoms with Crippen molar-refractivity contribution in [3.05, 3.63) is 28.8 Å². The Balaban J connectivity index is 2.23. The molecule has 0 spiro atoms. The Labute approximate surface area is 131 Å². The van der Waals surface area contributed by atoms with Crippen molar-refractivity contribution in [2.45, 2.75) is 56.6 Å². The predicted molar refractivity (Wildman–Crippen MR) is 84.3 cm³/mol. The number of hydrogen-bond acceptors (Lipinski definition) is 4. The van der Waals surface area contributed by atoms with Crippen LogP contribution in [0.4, 0.5) is 0 Å². The van der Waals surface area contributed by atoms with Crippen LogP contribution in [0, 0.1) is 0 Å². The molecule has 2 rings (SSSR count). The van der Waals surface area contributed by atoms with Gasteiger partial charge in [-0.3, -0.25) is 0 Å². The molecule has 1 aromatic rings. The van der Waals surface area contributed by atoms with Crippen LogP contribution in [0.1, 0.15) is 38.7 Å². The van der Waals surface area contributed by atoms with Gasteiger partial charge in [-0.25, -0.2) is 13.4 Å². The zero-order valence-electron chi connectivity index (χ0n) is 12.3. The number of benzene rings is 1. The molecule has 0 amide bonds. The molecule has 2 atom stereocenters. The average Bonchev–Trinajstić information content (AvgIpc) is 2.43. The van der Waals surface area contributed by atoms with Gasteiger partial charge in [-0.1, -0.05) is 24.1 Å². The standard InChI is InChI=1S/C14H22ClN3O2S/c1-10-4-3-5-11(2)18(10)17-21(19,20)13-7-6-12(9-16)14(15)8-13/h6-8,10-11,17H,3-5,9,16H2,1-2H3. The SMILES string of the molecule is CC1CCCC(C)N1NS(=O)(=O)c1ccc(CN)c(Cl)c1. The lowest BCUT2D eigenvalue weighted by Gasteiger charge is -2.38. The Morgan fingerprint density at radius 1 is 1.33 bits per heavy atom. The number of rotatable bonds is 4. The highest BCUT2D eigenvalue weighted by atomic mass is 35.5. The Morgan fingerprint density at radius 2 is 1.95 bits per heavy atom. The number of sulfonamides is 1. The van der Waals surface area contributed by atoms with E-state index in [0.29, 0.717) is 5.02 Å². The molecule has 7 heteroatoms. The van der Waals surface area contributed by atoms with Gasteiger partial charge >= 0.3 is 0 Å². The Hall–Kier alpha value is -0.660. The van der Waals surface area contributed by atoms with Crippen molar-refractivity contribution >= 4 is 21.6 Å². The Kier molecular flexibility index (Phi) is 5.27. The summed E-state index contributed by atoms with van der Waals surface area (Å²) < 4.78 is 25.0. The van der Waals surface area contributed by atoms with Crippen LogP contribution in [0.15, 0.2) is 23.1 Å². The largest absolute Gasteiger partial charge is 0.326 e. The van der Waals surface area contributed by atoms with Crippen molar-refractivity contribution in [1.82, 2.24) is 9.84 Å². The van der Waals surface area contributed by atoms with Crippen LogP contribution < -0.4 is 10.6 Å². The molecule has 118 valence electrons. The summed E-state index contributed by atoms with van der Waals surface area (Å²) in [5, 5.41) is 2.20. The molecule has 5 nitrogen and oxygen atoms in total. The van der Waals surface area contributed by atoms with Crippen molar-refractivity contribution in [3.63, 3.8) is 0 Å². The number of nitrogens with zero attached hydrogens (tertiary/aromatic N) is 1. The molecule has 0 saturated carbocycles. The van der Waals surface area contributed by atoms with E-state index in [1.54, 1.807) is 6.07 Å². The Bertz CT molecular complexity index is 596. The van der Waals surface area contributed by atoms with Crippen LogP contribution in [0.25, 0.3) is 0 Å². The highest BCUT2D eigenvalue weighted by Crippen LogP contribution is 2.24.